The molecule has 3 amide bonds. The Labute approximate surface area is 275 Å². The molecule has 11 heteroatoms. The molecule has 3 heterocycles. The molecule has 2 atom stereocenters. The largest absolute Gasteiger partial charge is 0.493 e. The van der Waals surface area contributed by atoms with Crippen molar-refractivity contribution in [1.29, 1.82) is 5.26 Å². The highest BCUT2D eigenvalue weighted by Crippen LogP contribution is 2.33. The predicted octanol–water partition coefficient (Wildman–Crippen LogP) is 4.09. The number of carbonyl (C=O) groups excluding carboxylic acids is 3. The first-order valence-electron chi connectivity index (χ1n) is 15.8. The normalized spacial score (nSPS) is 18.9. The van der Waals surface area contributed by atoms with Crippen molar-refractivity contribution in [3.8, 4) is 23.3 Å². The number of nitrogens with zero attached hydrogens (tertiary/aromatic N) is 3. The number of likely N-dealkylation sites (tertiary alicyclic amines) is 1. The molecular weight excluding hydrogens is 600 g/mol. The Morgan fingerprint density at radius 2 is 1.89 bits per heavy atom. The van der Waals surface area contributed by atoms with E-state index in [0.717, 1.165) is 11.1 Å². The Hall–Kier alpha value is -4.92. The number of benzene rings is 3. The lowest BCUT2D eigenvalue weighted by atomic mass is 9.99. The summed E-state index contributed by atoms with van der Waals surface area (Å²) in [6, 6.07) is 21.4. The molecule has 1 saturated heterocycles. The van der Waals surface area contributed by atoms with Gasteiger partial charge < -0.3 is 34.1 Å². The van der Waals surface area contributed by atoms with Gasteiger partial charge in [-0.2, -0.15) is 5.26 Å². The Bertz CT molecular complexity index is 1620. The van der Waals surface area contributed by atoms with Crippen LogP contribution in [-0.4, -0.2) is 86.7 Å². The second-order valence-electron chi connectivity index (χ2n) is 11.6. The fourth-order valence-electron chi connectivity index (χ4n) is 5.90. The van der Waals surface area contributed by atoms with E-state index in [0.29, 0.717) is 67.3 Å². The number of nitriles is 1. The van der Waals surface area contributed by atoms with Crippen LogP contribution in [-0.2, 0) is 32.1 Å². The molecule has 3 aliphatic heterocycles. The third-order valence-corrected chi connectivity index (χ3v) is 8.37. The summed E-state index contributed by atoms with van der Waals surface area (Å²) in [5.74, 6) is 0.913. The minimum Gasteiger partial charge on any atom is -0.493 e. The number of fused-ring (bicyclic) bond motifs is 9. The van der Waals surface area contributed by atoms with E-state index in [1.165, 1.54) is 0 Å². The monoisotopic (exact) mass is 640 g/mol. The van der Waals surface area contributed by atoms with E-state index in [-0.39, 0.29) is 43.8 Å². The summed E-state index contributed by atoms with van der Waals surface area (Å²) in [5, 5.41) is 12.6. The molecule has 0 radical (unpaired) electrons. The van der Waals surface area contributed by atoms with Crippen molar-refractivity contribution in [2.45, 2.75) is 44.4 Å². The smallest absolute Gasteiger partial charge is 0.255 e. The third-order valence-electron chi connectivity index (χ3n) is 8.37. The topological polar surface area (TPSA) is 130 Å². The number of methoxy groups -OCH3 is 2. The number of nitrogens with one attached hydrogen (secondary N) is 1. The van der Waals surface area contributed by atoms with E-state index in [9.17, 15) is 19.6 Å². The molecule has 0 saturated carbocycles. The predicted molar refractivity (Wildman–Crippen MR) is 173 cm³/mol. The van der Waals surface area contributed by atoms with Crippen molar-refractivity contribution >= 4 is 17.7 Å². The van der Waals surface area contributed by atoms with Crippen molar-refractivity contribution in [3.05, 3.63) is 89.0 Å². The molecule has 1 fully saturated rings. The third kappa shape index (κ3) is 8.67. The Balaban J connectivity index is 1.42. The van der Waals surface area contributed by atoms with Crippen LogP contribution in [0.1, 0.15) is 46.3 Å². The van der Waals surface area contributed by atoms with Crippen molar-refractivity contribution in [2.75, 3.05) is 47.0 Å². The van der Waals surface area contributed by atoms with E-state index in [1.54, 1.807) is 48.3 Å². The van der Waals surface area contributed by atoms with Gasteiger partial charge in [-0.25, -0.2) is 0 Å². The number of aryl methyl sites for hydroxylation is 1. The molecule has 4 bridgehead atoms. The minimum atomic E-state index is -0.550. The van der Waals surface area contributed by atoms with Gasteiger partial charge in [-0.1, -0.05) is 30.3 Å². The number of hydrogen-bond donors (Lipinski definition) is 1. The maximum atomic E-state index is 13.6. The lowest BCUT2D eigenvalue weighted by Crippen LogP contribution is -2.58. The molecule has 0 unspecified atom stereocenters. The minimum absolute atomic E-state index is 0.144. The highest BCUT2D eigenvalue weighted by atomic mass is 16.5. The van der Waals surface area contributed by atoms with Gasteiger partial charge in [0.1, 0.15) is 5.75 Å². The lowest BCUT2D eigenvalue weighted by molar-refractivity contribution is -0.137. The first kappa shape index (κ1) is 33.4. The standard InChI is InChI=1S/C36H40N4O7/c1-44-18-6-16-39-23-34(41)38-30-22-40(36(43)29-10-4-3-8-27(29)21-37)17-15-31(30)46-24-26-7-5-9-28(19-26)47-32-13-11-25(12-14-35(39)42)20-33(32)45-2/h3-5,7-11,13,19-20,30-31H,6,12,14-18,22-24H2,1-2H3,(H,38,41)/t30-,31+/m0/s1. The van der Waals surface area contributed by atoms with Gasteiger partial charge in [-0.05, 0) is 66.8 Å². The van der Waals surface area contributed by atoms with Crippen molar-refractivity contribution in [1.82, 2.24) is 15.1 Å². The van der Waals surface area contributed by atoms with Gasteiger partial charge in [0, 0.05) is 39.8 Å². The highest BCUT2D eigenvalue weighted by molar-refractivity contribution is 5.96. The molecule has 3 aliphatic rings. The summed E-state index contributed by atoms with van der Waals surface area (Å²) < 4.78 is 23.4. The maximum Gasteiger partial charge on any atom is 0.255 e. The van der Waals surface area contributed by atoms with Gasteiger partial charge in [-0.3, -0.25) is 14.4 Å². The quantitative estimate of drug-likeness (QED) is 0.399. The fourth-order valence-corrected chi connectivity index (χ4v) is 5.90. The number of rotatable bonds is 6. The highest BCUT2D eigenvalue weighted by Gasteiger charge is 2.35. The number of carbonyl (C=O) groups is 3. The van der Waals surface area contributed by atoms with Crippen molar-refractivity contribution < 1.29 is 33.3 Å². The Kier molecular flexibility index (Phi) is 11.4. The summed E-state index contributed by atoms with van der Waals surface area (Å²) >= 11 is 0. The second-order valence-corrected chi connectivity index (χ2v) is 11.6. The van der Waals surface area contributed by atoms with Gasteiger partial charge in [0.2, 0.25) is 11.8 Å². The SMILES string of the molecule is COCCCN1CC(=O)N[C@H]2CN(C(=O)c3ccccc3C#N)CC[C@H]2OCc2cccc(c2)Oc2ccc(cc2OC)CCC1=O. The van der Waals surface area contributed by atoms with Crippen LogP contribution in [0.4, 0.5) is 0 Å². The summed E-state index contributed by atoms with van der Waals surface area (Å²) in [7, 11) is 3.17. The van der Waals surface area contributed by atoms with Gasteiger partial charge in [0.15, 0.2) is 11.5 Å². The molecule has 246 valence electrons. The van der Waals surface area contributed by atoms with Crippen LogP contribution in [0.3, 0.4) is 0 Å². The zero-order chi connectivity index (χ0) is 33.2. The van der Waals surface area contributed by atoms with Crippen LogP contribution in [0.25, 0.3) is 0 Å². The molecule has 0 aliphatic carbocycles. The van der Waals surface area contributed by atoms with Crippen molar-refractivity contribution in [3.63, 3.8) is 0 Å². The van der Waals surface area contributed by atoms with Crippen LogP contribution in [0.5, 0.6) is 17.2 Å². The molecule has 11 nitrogen and oxygen atoms in total. The van der Waals surface area contributed by atoms with Gasteiger partial charge in [0.25, 0.3) is 5.91 Å². The molecule has 47 heavy (non-hydrogen) atoms. The van der Waals surface area contributed by atoms with E-state index in [4.69, 9.17) is 18.9 Å². The van der Waals surface area contributed by atoms with Crippen LogP contribution in [0.15, 0.2) is 66.7 Å². The Morgan fingerprint density at radius 3 is 2.70 bits per heavy atom. The lowest BCUT2D eigenvalue weighted by Gasteiger charge is -2.39. The molecule has 3 aromatic carbocycles. The van der Waals surface area contributed by atoms with E-state index in [1.807, 2.05) is 42.5 Å². The van der Waals surface area contributed by atoms with Gasteiger partial charge in [-0.15, -0.1) is 0 Å². The maximum absolute atomic E-state index is 13.6. The summed E-state index contributed by atoms with van der Waals surface area (Å²) in [6.07, 6.45) is 1.27. The fraction of sp³-hybridized carbons (Fsp3) is 0.389. The average molecular weight is 641 g/mol. The first-order chi connectivity index (χ1) is 22.9. The van der Waals surface area contributed by atoms with Crippen molar-refractivity contribution in [2.24, 2.45) is 0 Å². The summed E-state index contributed by atoms with van der Waals surface area (Å²) in [6.45, 7) is 1.47. The van der Waals surface area contributed by atoms with Crippen LogP contribution >= 0.6 is 0 Å². The molecule has 0 spiro atoms. The summed E-state index contributed by atoms with van der Waals surface area (Å²) in [5.41, 5.74) is 2.38. The second kappa shape index (κ2) is 16.1. The molecular formula is C36H40N4O7. The van der Waals surface area contributed by atoms with E-state index in [2.05, 4.69) is 11.4 Å². The van der Waals surface area contributed by atoms with Gasteiger partial charge >= 0.3 is 0 Å². The number of hydrogen-bond acceptors (Lipinski definition) is 8. The molecule has 3 aromatic rings. The van der Waals surface area contributed by atoms with Crippen LogP contribution in [0.2, 0.25) is 0 Å². The first-order valence-corrected chi connectivity index (χ1v) is 15.8. The average Bonchev–Trinajstić information content (AvgIpc) is 3.09. The van der Waals surface area contributed by atoms with E-state index >= 15 is 0 Å². The van der Waals surface area contributed by atoms with Crippen LogP contribution < -0.4 is 14.8 Å². The Morgan fingerprint density at radius 1 is 1.04 bits per heavy atom. The van der Waals surface area contributed by atoms with E-state index < -0.39 is 12.1 Å². The summed E-state index contributed by atoms with van der Waals surface area (Å²) in [4.78, 5) is 43.7. The van der Waals surface area contributed by atoms with Gasteiger partial charge in [0.05, 0.1) is 49.6 Å². The number of piperidine rings is 1. The zero-order valence-corrected chi connectivity index (χ0v) is 26.8. The number of ether oxygens (including phenoxy) is 4. The molecule has 0 aromatic heterocycles. The zero-order valence-electron chi connectivity index (χ0n) is 26.8. The van der Waals surface area contributed by atoms with Crippen LogP contribution in [0, 0.1) is 11.3 Å². The number of amides is 3. The molecule has 6 rings (SSSR count). The molecule has 1 N–H and O–H groups in total.